The van der Waals surface area contributed by atoms with E-state index >= 15 is 0 Å². The third-order valence-electron chi connectivity index (χ3n) is 8.46. The van der Waals surface area contributed by atoms with Crippen LogP contribution in [0, 0.1) is 5.92 Å². The van der Waals surface area contributed by atoms with Gasteiger partial charge in [-0.3, -0.25) is 9.36 Å². The van der Waals surface area contributed by atoms with Crippen molar-refractivity contribution in [3.8, 4) is 11.5 Å². The van der Waals surface area contributed by atoms with Gasteiger partial charge in [-0.05, 0) is 41.0 Å². The summed E-state index contributed by atoms with van der Waals surface area (Å²) in [7, 11) is 3.27. The summed E-state index contributed by atoms with van der Waals surface area (Å²) < 4.78 is 32.2. The summed E-state index contributed by atoms with van der Waals surface area (Å²) >= 11 is 0. The molecule has 2 fully saturated rings. The van der Waals surface area contributed by atoms with Gasteiger partial charge in [-0.1, -0.05) is 54.6 Å². The summed E-state index contributed by atoms with van der Waals surface area (Å²) in [6.07, 6.45) is 1.50. The SMILES string of the molecule is COc1ccc(C(OC[C@H]2O[C@@H](n3cnc4c(N)ncnc43)[C@@H]3OC(=O)C[C@@H]32)(c2ccccc2)c2ccc(OC)cc2)cc1. The molecule has 4 heterocycles. The first-order chi connectivity index (χ1) is 21.5. The quantitative estimate of drug-likeness (QED) is 0.195. The van der Waals surface area contributed by atoms with Crippen molar-refractivity contribution in [2.75, 3.05) is 26.6 Å². The van der Waals surface area contributed by atoms with E-state index in [1.807, 2.05) is 78.9 Å². The van der Waals surface area contributed by atoms with Gasteiger partial charge in [0, 0.05) is 5.92 Å². The molecule has 0 bridgehead atoms. The maximum absolute atomic E-state index is 12.6. The fourth-order valence-corrected chi connectivity index (χ4v) is 6.29. The van der Waals surface area contributed by atoms with Gasteiger partial charge >= 0.3 is 5.97 Å². The highest BCUT2D eigenvalue weighted by Crippen LogP contribution is 2.46. The predicted molar refractivity (Wildman–Crippen MR) is 160 cm³/mol. The maximum atomic E-state index is 12.6. The van der Waals surface area contributed by atoms with Crippen molar-refractivity contribution in [1.82, 2.24) is 19.5 Å². The number of carbonyl (C=O) groups excluding carboxylic acids is 1. The monoisotopic (exact) mass is 593 g/mol. The van der Waals surface area contributed by atoms with E-state index in [0.717, 1.165) is 28.2 Å². The molecule has 224 valence electrons. The van der Waals surface area contributed by atoms with Crippen molar-refractivity contribution in [2.24, 2.45) is 5.92 Å². The molecule has 0 amide bonds. The van der Waals surface area contributed by atoms with E-state index in [2.05, 4.69) is 15.0 Å². The minimum atomic E-state index is -1.04. The van der Waals surface area contributed by atoms with Gasteiger partial charge in [-0.2, -0.15) is 0 Å². The zero-order valence-electron chi connectivity index (χ0n) is 24.2. The van der Waals surface area contributed by atoms with Crippen molar-refractivity contribution in [3.63, 3.8) is 0 Å². The van der Waals surface area contributed by atoms with Crippen molar-refractivity contribution < 1.29 is 28.5 Å². The minimum Gasteiger partial charge on any atom is -0.497 e. The number of carbonyl (C=O) groups is 1. The Kier molecular flexibility index (Phi) is 7.11. The molecule has 2 aliphatic rings. The second kappa shape index (κ2) is 11.3. The molecule has 11 nitrogen and oxygen atoms in total. The molecule has 7 rings (SSSR count). The Morgan fingerprint density at radius 3 is 2.16 bits per heavy atom. The van der Waals surface area contributed by atoms with Crippen LogP contribution in [-0.2, 0) is 24.6 Å². The Morgan fingerprint density at radius 2 is 1.52 bits per heavy atom. The number of benzene rings is 3. The van der Waals surface area contributed by atoms with Crippen molar-refractivity contribution >= 4 is 23.0 Å². The number of methoxy groups -OCH3 is 2. The van der Waals surface area contributed by atoms with Gasteiger partial charge < -0.3 is 29.4 Å². The number of nitrogen functional groups attached to an aromatic ring is 1. The highest BCUT2D eigenvalue weighted by Gasteiger charge is 2.54. The molecule has 0 unspecified atom stereocenters. The first-order valence-electron chi connectivity index (χ1n) is 14.3. The van der Waals surface area contributed by atoms with Gasteiger partial charge in [0.1, 0.15) is 28.9 Å². The fraction of sp³-hybridized carbons (Fsp3) is 0.273. The topological polar surface area (TPSA) is 133 Å². The molecule has 3 aromatic carbocycles. The molecule has 0 radical (unpaired) electrons. The molecule has 0 saturated carbocycles. The smallest absolute Gasteiger partial charge is 0.306 e. The molecular weight excluding hydrogens is 562 g/mol. The van der Waals surface area contributed by atoms with Gasteiger partial charge in [0.15, 0.2) is 23.8 Å². The number of esters is 1. The van der Waals surface area contributed by atoms with Crippen LogP contribution >= 0.6 is 0 Å². The maximum Gasteiger partial charge on any atom is 0.306 e. The van der Waals surface area contributed by atoms with E-state index in [1.165, 1.54) is 6.33 Å². The lowest BCUT2D eigenvalue weighted by Crippen LogP contribution is -2.37. The number of ether oxygens (including phenoxy) is 5. The van der Waals surface area contributed by atoms with Gasteiger partial charge in [0.05, 0.1) is 39.7 Å². The van der Waals surface area contributed by atoms with Crippen LogP contribution in [0.4, 0.5) is 5.82 Å². The number of nitrogens with two attached hydrogens (primary N) is 1. The molecular formula is C33H31N5O6. The highest BCUT2D eigenvalue weighted by molar-refractivity contribution is 5.81. The zero-order valence-corrected chi connectivity index (χ0v) is 24.2. The minimum absolute atomic E-state index is 0.158. The van der Waals surface area contributed by atoms with Crippen LogP contribution in [0.25, 0.3) is 11.2 Å². The van der Waals surface area contributed by atoms with E-state index in [-0.39, 0.29) is 30.7 Å². The number of hydrogen-bond acceptors (Lipinski definition) is 10. The number of nitrogens with zero attached hydrogens (tertiary/aromatic N) is 4. The number of hydrogen-bond donors (Lipinski definition) is 1. The lowest BCUT2D eigenvalue weighted by molar-refractivity contribution is -0.150. The average molecular weight is 594 g/mol. The normalized spacial score (nSPS) is 21.3. The van der Waals surface area contributed by atoms with E-state index in [0.29, 0.717) is 11.2 Å². The largest absolute Gasteiger partial charge is 0.497 e. The Bertz CT molecular complexity index is 1730. The summed E-state index contributed by atoms with van der Waals surface area (Å²) in [6.45, 7) is 0.158. The van der Waals surface area contributed by atoms with Crippen LogP contribution in [-0.4, -0.2) is 58.5 Å². The third-order valence-corrected chi connectivity index (χ3v) is 8.46. The first-order valence-corrected chi connectivity index (χ1v) is 14.3. The number of anilines is 1. The second-order valence-electron chi connectivity index (χ2n) is 10.8. The Hall–Kier alpha value is -5.00. The number of aromatic nitrogens is 4. The number of imidazole rings is 1. The summed E-state index contributed by atoms with van der Waals surface area (Å²) in [6, 6.07) is 25.7. The summed E-state index contributed by atoms with van der Waals surface area (Å²) in [4.78, 5) is 25.4. The third kappa shape index (κ3) is 4.61. The molecule has 0 aliphatic carbocycles. The first kappa shape index (κ1) is 27.8. The number of fused-ring (bicyclic) bond motifs is 2. The molecule has 5 aromatic rings. The predicted octanol–water partition coefficient (Wildman–Crippen LogP) is 4.26. The lowest BCUT2D eigenvalue weighted by atomic mass is 9.80. The zero-order chi connectivity index (χ0) is 30.3. The molecule has 0 spiro atoms. The van der Waals surface area contributed by atoms with Crippen LogP contribution in [0.1, 0.15) is 29.3 Å². The molecule has 44 heavy (non-hydrogen) atoms. The van der Waals surface area contributed by atoms with Crippen LogP contribution in [0.15, 0.2) is 91.5 Å². The van der Waals surface area contributed by atoms with Crippen LogP contribution in [0.3, 0.4) is 0 Å². The average Bonchev–Trinajstić information content (AvgIpc) is 3.76. The Labute approximate surface area is 253 Å². The van der Waals surface area contributed by atoms with E-state index in [9.17, 15) is 4.79 Å². The van der Waals surface area contributed by atoms with Crippen LogP contribution in [0.5, 0.6) is 11.5 Å². The van der Waals surface area contributed by atoms with Crippen molar-refractivity contribution in [2.45, 2.75) is 30.5 Å². The number of rotatable bonds is 9. The van der Waals surface area contributed by atoms with E-state index in [1.54, 1.807) is 25.1 Å². The Balaban J connectivity index is 1.29. The summed E-state index contributed by atoms with van der Waals surface area (Å²) in [5, 5.41) is 0. The second-order valence-corrected chi connectivity index (χ2v) is 10.8. The standard InChI is InChI=1S/C33H31N5O6/c1-40-23-12-8-21(9-13-23)33(20-6-4-3-5-7-20,22-10-14-24(41-2)15-11-22)42-17-26-25-16-27(39)44-29(25)32(43-26)38-19-37-28-30(34)35-18-36-31(28)38/h3-15,18-19,25-26,29,32H,16-17H2,1-2H3,(H2,34,35,36)/t25-,26-,29-,32-/m1/s1. The van der Waals surface area contributed by atoms with Crippen molar-refractivity contribution in [3.05, 3.63) is 108 Å². The van der Waals surface area contributed by atoms with E-state index in [4.69, 9.17) is 29.4 Å². The Morgan fingerprint density at radius 1 is 0.886 bits per heavy atom. The summed E-state index contributed by atoms with van der Waals surface area (Å²) in [5.74, 6) is 1.20. The summed E-state index contributed by atoms with van der Waals surface area (Å²) in [5.41, 5.74) is 8.67. The lowest BCUT2D eigenvalue weighted by Gasteiger charge is -2.37. The van der Waals surface area contributed by atoms with Gasteiger partial charge in [0.25, 0.3) is 0 Å². The molecule has 4 atom stereocenters. The molecule has 2 saturated heterocycles. The van der Waals surface area contributed by atoms with Gasteiger partial charge in [0.2, 0.25) is 0 Å². The van der Waals surface area contributed by atoms with Crippen molar-refractivity contribution in [1.29, 1.82) is 0 Å². The van der Waals surface area contributed by atoms with Crippen LogP contribution < -0.4 is 15.2 Å². The molecule has 11 heteroatoms. The van der Waals surface area contributed by atoms with Gasteiger partial charge in [-0.15, -0.1) is 0 Å². The molecule has 2 N–H and O–H groups in total. The fourth-order valence-electron chi connectivity index (χ4n) is 6.29. The van der Waals surface area contributed by atoms with E-state index < -0.39 is 24.0 Å². The molecule has 2 aliphatic heterocycles. The highest BCUT2D eigenvalue weighted by atomic mass is 16.6. The molecule has 2 aromatic heterocycles. The van der Waals surface area contributed by atoms with Gasteiger partial charge in [-0.25, -0.2) is 15.0 Å². The van der Waals surface area contributed by atoms with Crippen LogP contribution in [0.2, 0.25) is 0 Å².